The van der Waals surface area contributed by atoms with Crippen LogP contribution in [0.1, 0.15) is 11.6 Å². The summed E-state index contributed by atoms with van der Waals surface area (Å²) < 4.78 is 0. The van der Waals surface area contributed by atoms with Crippen molar-refractivity contribution in [3.63, 3.8) is 0 Å². The molecule has 2 atom stereocenters. The first-order chi connectivity index (χ1) is 8.43. The Hall–Kier alpha value is -1.80. The van der Waals surface area contributed by atoms with Crippen LogP contribution in [0.25, 0.3) is 0 Å². The second kappa shape index (κ2) is 4.60. The molecule has 2 aromatic carbocycles. The van der Waals surface area contributed by atoms with Crippen LogP contribution in [0.3, 0.4) is 0 Å². The van der Waals surface area contributed by atoms with E-state index in [-0.39, 0.29) is 0 Å². The average Bonchev–Trinajstić information content (AvgIpc) is 3.18. The van der Waals surface area contributed by atoms with Gasteiger partial charge in [-0.3, -0.25) is 0 Å². The molecule has 2 N–H and O–H groups in total. The van der Waals surface area contributed by atoms with Gasteiger partial charge in [0.2, 0.25) is 0 Å². The lowest BCUT2D eigenvalue weighted by atomic mass is 10.1. The average molecular weight is 224 g/mol. The second-order valence-electron chi connectivity index (χ2n) is 4.41. The van der Waals surface area contributed by atoms with Crippen LogP contribution in [0.4, 0.5) is 5.69 Å². The van der Waals surface area contributed by atoms with Gasteiger partial charge in [0.05, 0.1) is 0 Å². The minimum absolute atomic E-state index is 0.521. The van der Waals surface area contributed by atoms with E-state index in [1.807, 2.05) is 6.07 Å². The molecular weight excluding hydrogens is 208 g/mol. The van der Waals surface area contributed by atoms with Crippen molar-refractivity contribution in [3.05, 3.63) is 66.2 Å². The highest BCUT2D eigenvalue weighted by molar-refractivity contribution is 5.43. The first-order valence-electron chi connectivity index (χ1n) is 6.03. The molecule has 3 rings (SSSR count). The molecule has 0 aromatic heterocycles. The van der Waals surface area contributed by atoms with Crippen LogP contribution in [0.15, 0.2) is 60.7 Å². The first kappa shape index (κ1) is 10.4. The first-order valence-corrected chi connectivity index (χ1v) is 6.03. The Kier molecular flexibility index (Phi) is 2.80. The maximum Gasteiger partial charge on any atom is 0.0496 e. The van der Waals surface area contributed by atoms with Gasteiger partial charge in [0.15, 0.2) is 0 Å². The van der Waals surface area contributed by atoms with Gasteiger partial charge in [-0.15, -0.1) is 0 Å². The lowest BCUT2D eigenvalue weighted by Crippen LogP contribution is -2.10. The van der Waals surface area contributed by atoms with Gasteiger partial charge in [-0.1, -0.05) is 48.5 Å². The minimum Gasteiger partial charge on any atom is -0.383 e. The summed E-state index contributed by atoms with van der Waals surface area (Å²) in [6.45, 7) is 0.976. The van der Waals surface area contributed by atoms with Crippen molar-refractivity contribution in [2.75, 3.05) is 11.9 Å². The van der Waals surface area contributed by atoms with Gasteiger partial charge in [0.25, 0.3) is 0 Å². The molecular formula is C15H16N2. The number of anilines is 1. The van der Waals surface area contributed by atoms with E-state index in [2.05, 4.69) is 65.2 Å². The molecule has 0 spiro atoms. The van der Waals surface area contributed by atoms with Gasteiger partial charge in [-0.05, 0) is 17.7 Å². The van der Waals surface area contributed by atoms with Crippen LogP contribution in [-0.4, -0.2) is 12.6 Å². The van der Waals surface area contributed by atoms with Crippen LogP contribution in [0.2, 0.25) is 0 Å². The van der Waals surface area contributed by atoms with Crippen molar-refractivity contribution < 1.29 is 0 Å². The summed E-state index contributed by atoms with van der Waals surface area (Å²) in [4.78, 5) is 0. The van der Waals surface area contributed by atoms with Gasteiger partial charge >= 0.3 is 0 Å². The number of nitrogens with one attached hydrogen (secondary N) is 2. The number of rotatable bonds is 4. The zero-order chi connectivity index (χ0) is 11.5. The van der Waals surface area contributed by atoms with E-state index in [1.165, 1.54) is 11.3 Å². The van der Waals surface area contributed by atoms with Crippen LogP contribution >= 0.6 is 0 Å². The second-order valence-corrected chi connectivity index (χ2v) is 4.41. The molecule has 86 valence electrons. The Morgan fingerprint density at radius 2 is 1.53 bits per heavy atom. The van der Waals surface area contributed by atoms with E-state index < -0.39 is 0 Å². The molecule has 0 radical (unpaired) electrons. The molecule has 0 saturated carbocycles. The Balaban J connectivity index is 1.53. The molecule has 0 amide bonds. The highest BCUT2D eigenvalue weighted by Crippen LogP contribution is 2.29. The molecule has 0 bridgehead atoms. The van der Waals surface area contributed by atoms with Crippen molar-refractivity contribution in [3.8, 4) is 0 Å². The number of benzene rings is 2. The van der Waals surface area contributed by atoms with E-state index in [0.29, 0.717) is 12.1 Å². The number of hydrogen-bond donors (Lipinski definition) is 2. The topological polar surface area (TPSA) is 34.0 Å². The minimum atomic E-state index is 0.521. The molecule has 0 aliphatic carbocycles. The summed E-state index contributed by atoms with van der Waals surface area (Å²) in [5, 5.41) is 6.94. The number of para-hydroxylation sites is 1. The van der Waals surface area contributed by atoms with Crippen molar-refractivity contribution in [1.29, 1.82) is 0 Å². The fourth-order valence-corrected chi connectivity index (χ4v) is 2.12. The molecule has 2 aromatic rings. The lowest BCUT2D eigenvalue weighted by molar-refractivity contribution is 0.955. The molecule has 2 nitrogen and oxygen atoms in total. The molecule has 1 aliphatic rings. The maximum atomic E-state index is 3.49. The van der Waals surface area contributed by atoms with Crippen LogP contribution in [0.5, 0.6) is 0 Å². The van der Waals surface area contributed by atoms with Crippen molar-refractivity contribution >= 4 is 5.69 Å². The van der Waals surface area contributed by atoms with Crippen LogP contribution < -0.4 is 10.6 Å². The summed E-state index contributed by atoms with van der Waals surface area (Å²) in [5.74, 6) is 0. The van der Waals surface area contributed by atoms with E-state index in [0.717, 1.165) is 6.54 Å². The van der Waals surface area contributed by atoms with Gasteiger partial charge in [-0.2, -0.15) is 0 Å². The number of hydrogen-bond acceptors (Lipinski definition) is 2. The summed E-state index contributed by atoms with van der Waals surface area (Å²) in [5.41, 5.74) is 2.57. The summed E-state index contributed by atoms with van der Waals surface area (Å²) >= 11 is 0. The molecule has 2 heteroatoms. The fourth-order valence-electron chi connectivity index (χ4n) is 2.12. The quantitative estimate of drug-likeness (QED) is 0.783. The Bertz CT molecular complexity index is 467. The van der Waals surface area contributed by atoms with Gasteiger partial charge in [0.1, 0.15) is 0 Å². The van der Waals surface area contributed by atoms with E-state index in [1.54, 1.807) is 0 Å². The van der Waals surface area contributed by atoms with E-state index in [4.69, 9.17) is 0 Å². The van der Waals surface area contributed by atoms with Crippen LogP contribution in [0, 0.1) is 0 Å². The third kappa shape index (κ3) is 2.48. The predicted octanol–water partition coefficient (Wildman–Crippen LogP) is 2.81. The smallest absolute Gasteiger partial charge is 0.0496 e. The fraction of sp³-hybridized carbons (Fsp3) is 0.200. The van der Waals surface area contributed by atoms with Crippen molar-refractivity contribution in [2.45, 2.75) is 12.1 Å². The largest absolute Gasteiger partial charge is 0.383 e. The van der Waals surface area contributed by atoms with Gasteiger partial charge in [-0.25, -0.2) is 0 Å². The molecule has 1 heterocycles. The normalized spacial score (nSPS) is 22.1. The molecule has 0 unspecified atom stereocenters. The monoisotopic (exact) mass is 224 g/mol. The van der Waals surface area contributed by atoms with Crippen molar-refractivity contribution in [1.82, 2.24) is 5.32 Å². The zero-order valence-electron chi connectivity index (χ0n) is 9.64. The third-order valence-electron chi connectivity index (χ3n) is 3.15. The molecule has 1 fully saturated rings. The predicted molar refractivity (Wildman–Crippen MR) is 71.0 cm³/mol. The Labute approximate surface area is 102 Å². The SMILES string of the molecule is c1ccc(NC[C@H]2N[C@@H]2c2ccccc2)cc1. The summed E-state index contributed by atoms with van der Waals surface area (Å²) in [6.07, 6.45) is 0. The summed E-state index contributed by atoms with van der Waals surface area (Å²) in [6, 6.07) is 22.0. The zero-order valence-corrected chi connectivity index (χ0v) is 9.64. The maximum absolute atomic E-state index is 3.49. The third-order valence-corrected chi connectivity index (χ3v) is 3.15. The Morgan fingerprint density at radius 1 is 0.882 bits per heavy atom. The summed E-state index contributed by atoms with van der Waals surface area (Å²) in [7, 11) is 0. The van der Waals surface area contributed by atoms with E-state index >= 15 is 0 Å². The lowest BCUT2D eigenvalue weighted by Gasteiger charge is -2.04. The van der Waals surface area contributed by atoms with Gasteiger partial charge < -0.3 is 10.6 Å². The van der Waals surface area contributed by atoms with E-state index in [9.17, 15) is 0 Å². The Morgan fingerprint density at radius 3 is 2.24 bits per heavy atom. The standard InChI is InChI=1S/C15H16N2/c1-3-7-12(8-4-1)15-14(17-15)11-16-13-9-5-2-6-10-13/h1-10,14-17H,11H2/t14-,15-/m1/s1. The molecule has 17 heavy (non-hydrogen) atoms. The molecule has 1 saturated heterocycles. The molecule has 1 aliphatic heterocycles. The van der Waals surface area contributed by atoms with Gasteiger partial charge in [0, 0.05) is 24.3 Å². The highest BCUT2D eigenvalue weighted by Gasteiger charge is 2.36. The highest BCUT2D eigenvalue weighted by atomic mass is 15.2. The van der Waals surface area contributed by atoms with Crippen molar-refractivity contribution in [2.24, 2.45) is 0 Å². The van der Waals surface area contributed by atoms with Crippen LogP contribution in [-0.2, 0) is 0 Å².